The number of hydrogen-bond donors (Lipinski definition) is 2. The normalized spacial score (nSPS) is 10.3. The van der Waals surface area contributed by atoms with Crippen LogP contribution in [0.1, 0.15) is 5.69 Å². The van der Waals surface area contributed by atoms with E-state index in [9.17, 15) is 0 Å². The Labute approximate surface area is 157 Å². The van der Waals surface area contributed by atoms with Crippen LogP contribution in [-0.4, -0.2) is 24.2 Å². The third-order valence-electron chi connectivity index (χ3n) is 3.60. The summed E-state index contributed by atoms with van der Waals surface area (Å²) in [6.45, 7) is 1.91. The SMILES string of the molecule is COc1cccc(Nc2cc(C)nc(Nc3ccc(OC)c(Cl)c3)n2)c1. The number of methoxy groups -OCH3 is 2. The molecular weight excluding hydrogens is 352 g/mol. The fraction of sp³-hybridized carbons (Fsp3) is 0.158. The number of nitrogens with zero attached hydrogens (tertiary/aromatic N) is 2. The van der Waals surface area contributed by atoms with Crippen LogP contribution < -0.4 is 20.1 Å². The van der Waals surface area contributed by atoms with E-state index in [1.165, 1.54) is 0 Å². The molecule has 0 bridgehead atoms. The maximum absolute atomic E-state index is 6.16. The number of aryl methyl sites for hydroxylation is 1. The molecule has 0 spiro atoms. The molecular formula is C19H19ClN4O2. The molecule has 6 nitrogen and oxygen atoms in total. The predicted molar refractivity (Wildman–Crippen MR) is 104 cm³/mol. The first kappa shape index (κ1) is 17.8. The number of rotatable bonds is 6. The molecule has 2 aromatic carbocycles. The zero-order chi connectivity index (χ0) is 18.5. The molecule has 26 heavy (non-hydrogen) atoms. The highest BCUT2D eigenvalue weighted by atomic mass is 35.5. The molecule has 0 fully saturated rings. The summed E-state index contributed by atoms with van der Waals surface area (Å²) >= 11 is 6.16. The number of nitrogens with one attached hydrogen (secondary N) is 2. The highest BCUT2D eigenvalue weighted by molar-refractivity contribution is 6.32. The zero-order valence-electron chi connectivity index (χ0n) is 14.7. The number of hydrogen-bond acceptors (Lipinski definition) is 6. The summed E-state index contributed by atoms with van der Waals surface area (Å²) in [7, 11) is 3.21. The Kier molecular flexibility index (Phi) is 5.43. The van der Waals surface area contributed by atoms with Gasteiger partial charge >= 0.3 is 0 Å². The fourth-order valence-corrected chi connectivity index (χ4v) is 2.67. The average Bonchev–Trinajstić information content (AvgIpc) is 2.61. The smallest absolute Gasteiger partial charge is 0.229 e. The summed E-state index contributed by atoms with van der Waals surface area (Å²) < 4.78 is 10.4. The van der Waals surface area contributed by atoms with Crippen LogP contribution in [0.2, 0.25) is 5.02 Å². The predicted octanol–water partition coefficient (Wildman–Crippen LogP) is 4.94. The van der Waals surface area contributed by atoms with E-state index in [1.807, 2.05) is 43.3 Å². The molecule has 0 aliphatic carbocycles. The Morgan fingerprint density at radius 1 is 0.885 bits per heavy atom. The highest BCUT2D eigenvalue weighted by Gasteiger charge is 2.06. The van der Waals surface area contributed by atoms with Crippen molar-refractivity contribution in [3.8, 4) is 11.5 Å². The summed E-state index contributed by atoms with van der Waals surface area (Å²) in [6.07, 6.45) is 0. The van der Waals surface area contributed by atoms with Gasteiger partial charge in [-0.1, -0.05) is 17.7 Å². The maximum Gasteiger partial charge on any atom is 0.229 e. The molecule has 3 rings (SSSR count). The summed E-state index contributed by atoms with van der Waals surface area (Å²) in [5.41, 5.74) is 2.47. The molecule has 0 atom stereocenters. The van der Waals surface area contributed by atoms with Crippen LogP contribution in [0.4, 0.5) is 23.1 Å². The molecule has 2 N–H and O–H groups in total. The van der Waals surface area contributed by atoms with Gasteiger partial charge in [0.25, 0.3) is 0 Å². The van der Waals surface area contributed by atoms with Crippen molar-refractivity contribution in [3.05, 3.63) is 59.2 Å². The van der Waals surface area contributed by atoms with E-state index < -0.39 is 0 Å². The Morgan fingerprint density at radius 2 is 1.69 bits per heavy atom. The number of anilines is 4. The lowest BCUT2D eigenvalue weighted by atomic mass is 10.3. The van der Waals surface area contributed by atoms with Crippen molar-refractivity contribution < 1.29 is 9.47 Å². The molecule has 0 unspecified atom stereocenters. The molecule has 0 amide bonds. The standard InChI is InChI=1S/C19H19ClN4O2/c1-12-9-18(22-13-5-4-6-15(10-13)25-2)24-19(21-12)23-14-7-8-17(26-3)16(20)11-14/h4-11H,1-3H3,(H2,21,22,23,24). The molecule has 0 saturated carbocycles. The second-order valence-corrected chi connectivity index (χ2v) is 5.96. The lowest BCUT2D eigenvalue weighted by molar-refractivity contribution is 0.415. The molecule has 7 heteroatoms. The van der Waals surface area contributed by atoms with E-state index in [4.69, 9.17) is 21.1 Å². The molecule has 134 valence electrons. The van der Waals surface area contributed by atoms with Gasteiger partial charge in [0.2, 0.25) is 5.95 Å². The van der Waals surface area contributed by atoms with Crippen molar-refractivity contribution in [3.63, 3.8) is 0 Å². The van der Waals surface area contributed by atoms with Gasteiger partial charge < -0.3 is 20.1 Å². The van der Waals surface area contributed by atoms with E-state index in [2.05, 4.69) is 20.6 Å². The largest absolute Gasteiger partial charge is 0.497 e. The molecule has 0 radical (unpaired) electrons. The number of ether oxygens (including phenoxy) is 2. The number of benzene rings is 2. The second kappa shape index (κ2) is 7.93. The molecule has 0 saturated heterocycles. The summed E-state index contributed by atoms with van der Waals surface area (Å²) in [4.78, 5) is 8.92. The molecule has 1 aromatic heterocycles. The maximum atomic E-state index is 6.16. The lowest BCUT2D eigenvalue weighted by Crippen LogP contribution is -2.02. The van der Waals surface area contributed by atoms with Crippen LogP contribution in [0.25, 0.3) is 0 Å². The van der Waals surface area contributed by atoms with Crippen molar-refractivity contribution in [2.75, 3.05) is 24.9 Å². The van der Waals surface area contributed by atoms with Gasteiger partial charge in [-0.3, -0.25) is 0 Å². The topological polar surface area (TPSA) is 68.3 Å². The van der Waals surface area contributed by atoms with Gasteiger partial charge in [-0.25, -0.2) is 4.98 Å². The molecule has 0 aliphatic rings. The third-order valence-corrected chi connectivity index (χ3v) is 3.90. The summed E-state index contributed by atoms with van der Waals surface area (Å²) in [6, 6.07) is 14.9. The lowest BCUT2D eigenvalue weighted by Gasteiger charge is -2.11. The second-order valence-electron chi connectivity index (χ2n) is 5.55. The van der Waals surface area contributed by atoms with Crippen LogP contribution in [0, 0.1) is 6.92 Å². The number of halogens is 1. The zero-order valence-corrected chi connectivity index (χ0v) is 15.5. The van der Waals surface area contributed by atoms with Crippen molar-refractivity contribution >= 4 is 34.7 Å². The van der Waals surface area contributed by atoms with Gasteiger partial charge in [-0.05, 0) is 37.3 Å². The Bertz CT molecular complexity index is 918. The molecule has 3 aromatic rings. The van der Waals surface area contributed by atoms with Gasteiger partial charge in [0, 0.05) is 29.2 Å². The third kappa shape index (κ3) is 4.34. The minimum Gasteiger partial charge on any atom is -0.497 e. The van der Waals surface area contributed by atoms with E-state index >= 15 is 0 Å². The summed E-state index contributed by atoms with van der Waals surface area (Å²) in [5.74, 6) is 2.53. The summed E-state index contributed by atoms with van der Waals surface area (Å²) in [5, 5.41) is 6.93. The first-order chi connectivity index (χ1) is 12.6. The van der Waals surface area contributed by atoms with E-state index in [0.717, 1.165) is 22.8 Å². The monoisotopic (exact) mass is 370 g/mol. The Morgan fingerprint density at radius 3 is 2.42 bits per heavy atom. The minimum atomic E-state index is 0.469. The van der Waals surface area contributed by atoms with Gasteiger partial charge in [-0.15, -0.1) is 0 Å². The highest BCUT2D eigenvalue weighted by Crippen LogP contribution is 2.28. The van der Waals surface area contributed by atoms with Crippen LogP contribution in [0.15, 0.2) is 48.5 Å². The van der Waals surface area contributed by atoms with Gasteiger partial charge in [0.05, 0.1) is 19.2 Å². The first-order valence-corrected chi connectivity index (χ1v) is 8.32. The average molecular weight is 371 g/mol. The van der Waals surface area contributed by atoms with E-state index in [1.54, 1.807) is 26.4 Å². The van der Waals surface area contributed by atoms with Crippen molar-refractivity contribution in [2.24, 2.45) is 0 Å². The van der Waals surface area contributed by atoms with E-state index in [-0.39, 0.29) is 0 Å². The van der Waals surface area contributed by atoms with Gasteiger partial charge in [-0.2, -0.15) is 4.98 Å². The van der Waals surface area contributed by atoms with Crippen LogP contribution in [0.3, 0.4) is 0 Å². The molecule has 0 aliphatic heterocycles. The van der Waals surface area contributed by atoms with Crippen LogP contribution >= 0.6 is 11.6 Å². The van der Waals surface area contributed by atoms with Crippen LogP contribution in [0.5, 0.6) is 11.5 Å². The van der Waals surface area contributed by atoms with Crippen molar-refractivity contribution in [2.45, 2.75) is 6.92 Å². The van der Waals surface area contributed by atoms with Crippen molar-refractivity contribution in [1.29, 1.82) is 0 Å². The quantitative estimate of drug-likeness (QED) is 0.640. The number of aromatic nitrogens is 2. The fourth-order valence-electron chi connectivity index (χ4n) is 2.41. The van der Waals surface area contributed by atoms with Gasteiger partial charge in [0.1, 0.15) is 17.3 Å². The Balaban J connectivity index is 1.82. The molecule has 1 heterocycles. The van der Waals surface area contributed by atoms with Crippen LogP contribution in [-0.2, 0) is 0 Å². The van der Waals surface area contributed by atoms with E-state index in [0.29, 0.717) is 22.5 Å². The van der Waals surface area contributed by atoms with Gasteiger partial charge in [0.15, 0.2) is 0 Å². The Hall–Kier alpha value is -2.99. The first-order valence-electron chi connectivity index (χ1n) is 7.94. The minimum absolute atomic E-state index is 0.469. The van der Waals surface area contributed by atoms with Crippen molar-refractivity contribution in [1.82, 2.24) is 9.97 Å².